The lowest BCUT2D eigenvalue weighted by molar-refractivity contribution is 0.0906. The monoisotopic (exact) mass is 254 g/mol. The molecule has 0 bridgehead atoms. The first-order valence-corrected chi connectivity index (χ1v) is 6.91. The van der Waals surface area contributed by atoms with Crippen LogP contribution in [0.15, 0.2) is 5.38 Å². The van der Waals surface area contributed by atoms with Gasteiger partial charge in [-0.05, 0) is 38.5 Å². The fourth-order valence-corrected chi connectivity index (χ4v) is 2.74. The van der Waals surface area contributed by atoms with E-state index in [4.69, 9.17) is 0 Å². The number of aliphatic hydroxyl groups is 1. The third-order valence-corrected chi connectivity index (χ3v) is 3.99. The highest BCUT2D eigenvalue weighted by atomic mass is 32.1. The maximum Gasteiger partial charge on any atom is 0.270 e. The number of hydrogen-bond acceptors (Lipinski definition) is 4. The number of aromatic nitrogens is 1. The second-order valence-corrected chi connectivity index (χ2v) is 5.70. The Labute approximate surface area is 105 Å². The molecule has 2 rings (SSSR count). The molecule has 1 fully saturated rings. The van der Waals surface area contributed by atoms with E-state index in [9.17, 15) is 9.90 Å². The van der Waals surface area contributed by atoms with Gasteiger partial charge in [0.25, 0.3) is 5.91 Å². The molecule has 0 radical (unpaired) electrons. The van der Waals surface area contributed by atoms with Crippen LogP contribution in [0.1, 0.15) is 41.2 Å². The second kappa shape index (κ2) is 5.60. The van der Waals surface area contributed by atoms with Crippen molar-refractivity contribution in [3.8, 4) is 0 Å². The lowest BCUT2D eigenvalue weighted by Crippen LogP contribution is -2.32. The number of aryl methyl sites for hydroxylation is 1. The first-order chi connectivity index (χ1) is 8.15. The Morgan fingerprint density at radius 2 is 2.24 bits per heavy atom. The zero-order valence-electron chi connectivity index (χ0n) is 9.98. The highest BCUT2D eigenvalue weighted by Crippen LogP contribution is 2.23. The van der Waals surface area contributed by atoms with Crippen LogP contribution >= 0.6 is 11.3 Å². The van der Waals surface area contributed by atoms with Crippen molar-refractivity contribution >= 4 is 17.2 Å². The fraction of sp³-hybridized carbons (Fsp3) is 0.667. The van der Waals surface area contributed by atoms with E-state index in [1.807, 2.05) is 6.92 Å². The molecule has 1 amide bonds. The van der Waals surface area contributed by atoms with Gasteiger partial charge in [0.2, 0.25) is 0 Å². The SMILES string of the molecule is Cc1nc(C(=O)NCC2CCC(O)CC2)cs1. The van der Waals surface area contributed by atoms with Gasteiger partial charge in [-0.15, -0.1) is 11.3 Å². The van der Waals surface area contributed by atoms with Gasteiger partial charge in [0.05, 0.1) is 11.1 Å². The van der Waals surface area contributed by atoms with Crippen LogP contribution in [-0.2, 0) is 0 Å². The summed E-state index contributed by atoms with van der Waals surface area (Å²) in [5, 5.41) is 15.0. The average molecular weight is 254 g/mol. The average Bonchev–Trinajstić information content (AvgIpc) is 2.75. The molecular formula is C12H18N2O2S. The molecule has 1 saturated carbocycles. The molecule has 1 aliphatic carbocycles. The largest absolute Gasteiger partial charge is 0.393 e. The van der Waals surface area contributed by atoms with E-state index in [0.29, 0.717) is 18.2 Å². The lowest BCUT2D eigenvalue weighted by atomic mass is 9.87. The quantitative estimate of drug-likeness (QED) is 0.863. The van der Waals surface area contributed by atoms with Gasteiger partial charge in [0.1, 0.15) is 5.69 Å². The third-order valence-electron chi connectivity index (χ3n) is 3.22. The van der Waals surface area contributed by atoms with Crippen molar-refractivity contribution in [2.24, 2.45) is 5.92 Å². The first-order valence-electron chi connectivity index (χ1n) is 6.03. The highest BCUT2D eigenvalue weighted by molar-refractivity contribution is 7.09. The summed E-state index contributed by atoms with van der Waals surface area (Å²) in [5.74, 6) is 0.419. The van der Waals surface area contributed by atoms with Crippen molar-refractivity contribution in [3.63, 3.8) is 0 Å². The minimum Gasteiger partial charge on any atom is -0.393 e. The molecule has 4 nitrogen and oxygen atoms in total. The molecule has 2 N–H and O–H groups in total. The molecule has 0 spiro atoms. The predicted molar refractivity (Wildman–Crippen MR) is 67.1 cm³/mol. The molecule has 0 aromatic carbocycles. The third kappa shape index (κ3) is 3.51. The summed E-state index contributed by atoms with van der Waals surface area (Å²) in [4.78, 5) is 15.9. The van der Waals surface area contributed by atoms with Crippen LogP contribution in [0.3, 0.4) is 0 Å². The van der Waals surface area contributed by atoms with E-state index in [1.165, 1.54) is 11.3 Å². The number of thiazole rings is 1. The van der Waals surface area contributed by atoms with E-state index in [1.54, 1.807) is 5.38 Å². The van der Waals surface area contributed by atoms with Gasteiger partial charge in [-0.3, -0.25) is 4.79 Å². The molecule has 0 saturated heterocycles. The summed E-state index contributed by atoms with van der Waals surface area (Å²) in [6.45, 7) is 2.59. The molecule has 17 heavy (non-hydrogen) atoms. The minimum atomic E-state index is -0.136. The van der Waals surface area contributed by atoms with Crippen molar-refractivity contribution in [3.05, 3.63) is 16.1 Å². The topological polar surface area (TPSA) is 62.2 Å². The van der Waals surface area contributed by atoms with Crippen molar-refractivity contribution < 1.29 is 9.90 Å². The number of amides is 1. The lowest BCUT2D eigenvalue weighted by Gasteiger charge is -2.25. The number of rotatable bonds is 3. The second-order valence-electron chi connectivity index (χ2n) is 4.64. The fourth-order valence-electron chi connectivity index (χ4n) is 2.14. The van der Waals surface area contributed by atoms with Crippen LogP contribution in [0.5, 0.6) is 0 Å². The minimum absolute atomic E-state index is 0.0829. The van der Waals surface area contributed by atoms with Gasteiger partial charge in [-0.2, -0.15) is 0 Å². The van der Waals surface area contributed by atoms with Crippen molar-refractivity contribution in [1.29, 1.82) is 0 Å². The molecule has 0 unspecified atom stereocenters. The zero-order chi connectivity index (χ0) is 12.3. The Balaban J connectivity index is 1.76. The standard InChI is InChI=1S/C12H18N2O2S/c1-8-14-11(7-17-8)12(16)13-6-9-2-4-10(15)5-3-9/h7,9-10,15H,2-6H2,1H3,(H,13,16). The van der Waals surface area contributed by atoms with E-state index >= 15 is 0 Å². The Hall–Kier alpha value is -0.940. The summed E-state index contributed by atoms with van der Waals surface area (Å²) in [5.41, 5.74) is 0.517. The number of aliphatic hydroxyl groups excluding tert-OH is 1. The zero-order valence-corrected chi connectivity index (χ0v) is 10.8. The Morgan fingerprint density at radius 3 is 2.82 bits per heavy atom. The van der Waals surface area contributed by atoms with Gasteiger partial charge in [-0.25, -0.2) is 4.98 Å². The number of nitrogens with zero attached hydrogens (tertiary/aromatic N) is 1. The Bertz CT molecular complexity index is 384. The van der Waals surface area contributed by atoms with Crippen molar-refractivity contribution in [1.82, 2.24) is 10.3 Å². The normalized spacial score (nSPS) is 24.6. The highest BCUT2D eigenvalue weighted by Gasteiger charge is 2.20. The van der Waals surface area contributed by atoms with Crippen LogP contribution in [0.25, 0.3) is 0 Å². The number of hydrogen-bond donors (Lipinski definition) is 2. The van der Waals surface area contributed by atoms with E-state index in [-0.39, 0.29) is 12.0 Å². The van der Waals surface area contributed by atoms with E-state index in [2.05, 4.69) is 10.3 Å². The van der Waals surface area contributed by atoms with Gasteiger partial charge in [0.15, 0.2) is 0 Å². The molecule has 1 aliphatic rings. The Kier molecular flexibility index (Phi) is 4.12. The molecule has 1 aromatic rings. The molecule has 1 heterocycles. The van der Waals surface area contributed by atoms with E-state index in [0.717, 1.165) is 30.7 Å². The van der Waals surface area contributed by atoms with Gasteiger partial charge in [-0.1, -0.05) is 0 Å². The molecule has 0 aliphatic heterocycles. The van der Waals surface area contributed by atoms with Gasteiger partial charge >= 0.3 is 0 Å². The number of carbonyl (C=O) groups excluding carboxylic acids is 1. The molecule has 0 atom stereocenters. The predicted octanol–water partition coefficient (Wildman–Crippen LogP) is 1.73. The van der Waals surface area contributed by atoms with Crippen LogP contribution in [-0.4, -0.2) is 28.6 Å². The number of carbonyl (C=O) groups is 1. The van der Waals surface area contributed by atoms with E-state index < -0.39 is 0 Å². The molecule has 94 valence electrons. The van der Waals surface area contributed by atoms with Crippen LogP contribution in [0, 0.1) is 12.8 Å². The van der Waals surface area contributed by atoms with Crippen molar-refractivity contribution in [2.45, 2.75) is 38.7 Å². The summed E-state index contributed by atoms with van der Waals surface area (Å²) in [7, 11) is 0. The molecule has 5 heteroatoms. The molecule has 1 aromatic heterocycles. The van der Waals surface area contributed by atoms with Crippen LogP contribution in [0.4, 0.5) is 0 Å². The summed E-state index contributed by atoms with van der Waals surface area (Å²) in [6.07, 6.45) is 3.57. The molecular weight excluding hydrogens is 236 g/mol. The smallest absolute Gasteiger partial charge is 0.270 e. The van der Waals surface area contributed by atoms with Crippen LogP contribution < -0.4 is 5.32 Å². The van der Waals surface area contributed by atoms with Crippen molar-refractivity contribution in [2.75, 3.05) is 6.54 Å². The summed E-state index contributed by atoms with van der Waals surface area (Å²) < 4.78 is 0. The van der Waals surface area contributed by atoms with Crippen LogP contribution in [0.2, 0.25) is 0 Å². The Morgan fingerprint density at radius 1 is 1.53 bits per heavy atom. The first kappa shape index (κ1) is 12.5. The summed E-state index contributed by atoms with van der Waals surface area (Å²) >= 11 is 1.49. The summed E-state index contributed by atoms with van der Waals surface area (Å²) in [6, 6.07) is 0. The number of nitrogens with one attached hydrogen (secondary N) is 1. The van der Waals surface area contributed by atoms with Gasteiger partial charge in [0, 0.05) is 11.9 Å². The van der Waals surface area contributed by atoms with Gasteiger partial charge < -0.3 is 10.4 Å². The maximum absolute atomic E-state index is 11.7. The maximum atomic E-state index is 11.7.